The quantitative estimate of drug-likeness (QED) is 0.893. The highest BCUT2D eigenvalue weighted by Gasteiger charge is 2.22. The Hall–Kier alpha value is -1.38. The zero-order valence-electron chi connectivity index (χ0n) is 11.8. The lowest BCUT2D eigenvalue weighted by molar-refractivity contribution is 0.451. The Labute approximate surface area is 124 Å². The van der Waals surface area contributed by atoms with E-state index in [2.05, 4.69) is 0 Å². The van der Waals surface area contributed by atoms with Gasteiger partial charge in [0.25, 0.3) is 0 Å². The molecule has 0 aliphatic rings. The second-order valence-corrected chi connectivity index (χ2v) is 6.10. The van der Waals surface area contributed by atoms with E-state index in [1.807, 2.05) is 38.1 Å². The fourth-order valence-electron chi connectivity index (χ4n) is 2.37. The van der Waals surface area contributed by atoms with Crippen LogP contribution in [0.2, 0.25) is 5.02 Å². The minimum atomic E-state index is -0.541. The van der Waals surface area contributed by atoms with Gasteiger partial charge < -0.3 is 5.73 Å². The number of nitrogens with two attached hydrogens (primary N) is 1. The van der Waals surface area contributed by atoms with Crippen LogP contribution >= 0.6 is 11.6 Å². The van der Waals surface area contributed by atoms with Gasteiger partial charge in [-0.1, -0.05) is 41.9 Å². The molecule has 2 aromatic carbocycles. The Bertz CT molecular complexity index is 608. The number of hydrogen-bond donors (Lipinski definition) is 1. The van der Waals surface area contributed by atoms with E-state index in [9.17, 15) is 4.39 Å². The third-order valence-corrected chi connectivity index (χ3v) is 3.71. The molecule has 0 aliphatic heterocycles. The highest BCUT2D eigenvalue weighted by Crippen LogP contribution is 2.24. The van der Waals surface area contributed by atoms with Crippen molar-refractivity contribution in [3.05, 3.63) is 70.0 Å². The van der Waals surface area contributed by atoms with E-state index < -0.39 is 5.54 Å². The van der Waals surface area contributed by atoms with Gasteiger partial charge in [0.15, 0.2) is 0 Å². The molecule has 106 valence electrons. The lowest BCUT2D eigenvalue weighted by Gasteiger charge is -2.25. The highest BCUT2D eigenvalue weighted by molar-refractivity contribution is 6.31. The van der Waals surface area contributed by atoms with Gasteiger partial charge in [-0.2, -0.15) is 0 Å². The Kier molecular flexibility index (Phi) is 4.46. The number of rotatable bonds is 4. The molecule has 0 heterocycles. The van der Waals surface area contributed by atoms with Crippen LogP contribution in [-0.2, 0) is 12.8 Å². The van der Waals surface area contributed by atoms with Crippen LogP contribution in [0.3, 0.4) is 0 Å². The zero-order valence-corrected chi connectivity index (χ0v) is 12.5. The molecule has 1 atom stereocenters. The SMILES string of the molecule is Cc1ccc(CC(C)(N)Cc2ccccc2F)c(Cl)c1. The van der Waals surface area contributed by atoms with E-state index in [0.717, 1.165) is 16.1 Å². The molecule has 20 heavy (non-hydrogen) atoms. The predicted octanol–water partition coefficient (Wildman–Crippen LogP) is 4.29. The molecule has 2 N–H and O–H groups in total. The molecular formula is C17H19ClFN. The Morgan fingerprint density at radius 2 is 1.75 bits per heavy atom. The van der Waals surface area contributed by atoms with E-state index >= 15 is 0 Å². The van der Waals surface area contributed by atoms with Crippen LogP contribution in [0, 0.1) is 12.7 Å². The van der Waals surface area contributed by atoms with E-state index in [1.54, 1.807) is 12.1 Å². The van der Waals surface area contributed by atoms with Crippen molar-refractivity contribution in [1.82, 2.24) is 0 Å². The normalized spacial score (nSPS) is 14.1. The van der Waals surface area contributed by atoms with Crippen LogP contribution in [-0.4, -0.2) is 5.54 Å². The molecule has 0 amide bonds. The summed E-state index contributed by atoms with van der Waals surface area (Å²) in [5, 5.41) is 0.718. The largest absolute Gasteiger partial charge is 0.325 e. The minimum Gasteiger partial charge on any atom is -0.325 e. The predicted molar refractivity (Wildman–Crippen MR) is 82.6 cm³/mol. The summed E-state index contributed by atoms with van der Waals surface area (Å²) in [6, 6.07) is 12.7. The summed E-state index contributed by atoms with van der Waals surface area (Å²) in [5.74, 6) is -0.209. The first-order valence-corrected chi connectivity index (χ1v) is 7.02. The van der Waals surface area contributed by atoms with Crippen LogP contribution in [0.5, 0.6) is 0 Å². The number of halogens is 2. The molecule has 0 fully saturated rings. The summed E-state index contributed by atoms with van der Waals surface area (Å²) >= 11 is 6.24. The Morgan fingerprint density at radius 1 is 1.10 bits per heavy atom. The first-order valence-electron chi connectivity index (χ1n) is 6.65. The van der Waals surface area contributed by atoms with Gasteiger partial charge in [-0.05, 0) is 55.5 Å². The van der Waals surface area contributed by atoms with Crippen molar-refractivity contribution < 1.29 is 4.39 Å². The molecule has 0 bridgehead atoms. The molecule has 0 saturated heterocycles. The molecule has 0 spiro atoms. The van der Waals surface area contributed by atoms with Crippen molar-refractivity contribution in [3.63, 3.8) is 0 Å². The second-order valence-electron chi connectivity index (χ2n) is 5.69. The van der Waals surface area contributed by atoms with Gasteiger partial charge in [0.1, 0.15) is 5.82 Å². The lowest BCUT2D eigenvalue weighted by atomic mass is 9.87. The fourth-order valence-corrected chi connectivity index (χ4v) is 2.67. The summed E-state index contributed by atoms with van der Waals surface area (Å²) in [6.45, 7) is 3.92. The Balaban J connectivity index is 2.17. The molecule has 0 saturated carbocycles. The van der Waals surface area contributed by atoms with Crippen LogP contribution < -0.4 is 5.73 Å². The maximum absolute atomic E-state index is 13.7. The van der Waals surface area contributed by atoms with Gasteiger partial charge in [0, 0.05) is 10.6 Å². The summed E-state index contributed by atoms with van der Waals surface area (Å²) in [5.41, 5.74) is 8.55. The molecule has 1 nitrogen and oxygen atoms in total. The van der Waals surface area contributed by atoms with Crippen LogP contribution in [0.25, 0.3) is 0 Å². The van der Waals surface area contributed by atoms with Gasteiger partial charge in [0.2, 0.25) is 0 Å². The zero-order chi connectivity index (χ0) is 14.8. The van der Waals surface area contributed by atoms with Crippen molar-refractivity contribution in [2.45, 2.75) is 32.2 Å². The van der Waals surface area contributed by atoms with Gasteiger partial charge >= 0.3 is 0 Å². The molecule has 2 aromatic rings. The highest BCUT2D eigenvalue weighted by atomic mass is 35.5. The average Bonchev–Trinajstić information content (AvgIpc) is 2.35. The van der Waals surface area contributed by atoms with E-state index in [4.69, 9.17) is 17.3 Å². The van der Waals surface area contributed by atoms with E-state index in [0.29, 0.717) is 18.4 Å². The van der Waals surface area contributed by atoms with Gasteiger partial charge in [-0.25, -0.2) is 4.39 Å². The lowest BCUT2D eigenvalue weighted by Crippen LogP contribution is -2.41. The molecule has 0 radical (unpaired) electrons. The molecule has 0 aromatic heterocycles. The smallest absolute Gasteiger partial charge is 0.126 e. The molecule has 2 rings (SSSR count). The maximum Gasteiger partial charge on any atom is 0.126 e. The number of aryl methyl sites for hydroxylation is 1. The monoisotopic (exact) mass is 291 g/mol. The molecular weight excluding hydrogens is 273 g/mol. The minimum absolute atomic E-state index is 0.209. The second kappa shape index (κ2) is 5.94. The van der Waals surface area contributed by atoms with Crippen molar-refractivity contribution in [2.75, 3.05) is 0 Å². The molecule has 1 unspecified atom stereocenters. The maximum atomic E-state index is 13.7. The van der Waals surface area contributed by atoms with Crippen molar-refractivity contribution in [2.24, 2.45) is 5.73 Å². The third-order valence-electron chi connectivity index (χ3n) is 3.35. The standard InChI is InChI=1S/C17H19ClFN/c1-12-7-8-13(15(18)9-12)10-17(2,20)11-14-5-3-4-6-16(14)19/h3-9H,10-11,20H2,1-2H3. The summed E-state index contributed by atoms with van der Waals surface area (Å²) < 4.78 is 13.7. The van der Waals surface area contributed by atoms with E-state index in [1.165, 1.54) is 6.07 Å². The van der Waals surface area contributed by atoms with E-state index in [-0.39, 0.29) is 5.82 Å². The summed E-state index contributed by atoms with van der Waals surface area (Å²) in [4.78, 5) is 0. The topological polar surface area (TPSA) is 26.0 Å². The van der Waals surface area contributed by atoms with Gasteiger partial charge in [-0.15, -0.1) is 0 Å². The number of hydrogen-bond acceptors (Lipinski definition) is 1. The molecule has 3 heteroatoms. The van der Waals surface area contributed by atoms with Gasteiger partial charge in [-0.3, -0.25) is 0 Å². The summed E-state index contributed by atoms with van der Waals surface area (Å²) in [7, 11) is 0. The first-order chi connectivity index (χ1) is 9.37. The Morgan fingerprint density at radius 3 is 2.40 bits per heavy atom. The van der Waals surface area contributed by atoms with Crippen molar-refractivity contribution >= 4 is 11.6 Å². The first kappa shape index (κ1) is 15.0. The van der Waals surface area contributed by atoms with Gasteiger partial charge in [0.05, 0.1) is 0 Å². The molecule has 0 aliphatic carbocycles. The fraction of sp³-hybridized carbons (Fsp3) is 0.294. The van der Waals surface area contributed by atoms with Crippen LogP contribution in [0.4, 0.5) is 4.39 Å². The van der Waals surface area contributed by atoms with Crippen LogP contribution in [0.15, 0.2) is 42.5 Å². The number of benzene rings is 2. The average molecular weight is 292 g/mol. The summed E-state index contributed by atoms with van der Waals surface area (Å²) in [6.07, 6.45) is 1.09. The third kappa shape index (κ3) is 3.81. The van der Waals surface area contributed by atoms with Crippen molar-refractivity contribution in [1.29, 1.82) is 0 Å². The van der Waals surface area contributed by atoms with Crippen LogP contribution in [0.1, 0.15) is 23.6 Å². The van der Waals surface area contributed by atoms with Crippen molar-refractivity contribution in [3.8, 4) is 0 Å².